The van der Waals surface area contributed by atoms with Crippen LogP contribution in [0.3, 0.4) is 0 Å². The van der Waals surface area contributed by atoms with Gasteiger partial charge in [-0.2, -0.15) is 0 Å². The largest absolute Gasteiger partial charge is 0.481 e. The van der Waals surface area contributed by atoms with E-state index in [1.807, 2.05) is 60.7 Å². The molecule has 0 aliphatic carbocycles. The van der Waals surface area contributed by atoms with E-state index in [4.69, 9.17) is 4.74 Å². The molecule has 0 N–H and O–H groups in total. The SMILES string of the molecule is CC(=O)C(Oc1ccccc1)C(Br)c1ccccc1. The number of hydrogen-bond acceptors (Lipinski definition) is 2. The van der Waals surface area contributed by atoms with Crippen LogP contribution in [-0.4, -0.2) is 11.9 Å². The second-order valence-electron chi connectivity index (χ2n) is 4.27. The third kappa shape index (κ3) is 3.67. The summed E-state index contributed by atoms with van der Waals surface area (Å²) < 4.78 is 5.80. The molecule has 0 bridgehead atoms. The molecule has 0 saturated carbocycles. The van der Waals surface area contributed by atoms with Gasteiger partial charge in [0.2, 0.25) is 0 Å². The average molecular weight is 319 g/mol. The summed E-state index contributed by atoms with van der Waals surface area (Å²) in [6, 6.07) is 19.2. The topological polar surface area (TPSA) is 26.3 Å². The van der Waals surface area contributed by atoms with E-state index in [1.165, 1.54) is 0 Å². The third-order valence-corrected chi connectivity index (χ3v) is 3.80. The normalized spacial score (nSPS) is 13.6. The zero-order chi connectivity index (χ0) is 13.7. The molecule has 2 nitrogen and oxygen atoms in total. The van der Waals surface area contributed by atoms with Gasteiger partial charge in [0.15, 0.2) is 11.9 Å². The van der Waals surface area contributed by atoms with Gasteiger partial charge in [-0.3, -0.25) is 4.79 Å². The second kappa shape index (κ2) is 6.53. The molecule has 0 aromatic heterocycles. The number of carbonyl (C=O) groups is 1. The van der Waals surface area contributed by atoms with Crippen LogP contribution in [0.4, 0.5) is 0 Å². The van der Waals surface area contributed by atoms with E-state index in [1.54, 1.807) is 6.92 Å². The zero-order valence-electron chi connectivity index (χ0n) is 10.6. The van der Waals surface area contributed by atoms with Crippen molar-refractivity contribution in [3.8, 4) is 5.75 Å². The maximum atomic E-state index is 11.8. The minimum Gasteiger partial charge on any atom is -0.481 e. The number of ether oxygens (including phenoxy) is 1. The quantitative estimate of drug-likeness (QED) is 0.774. The molecule has 0 radical (unpaired) electrons. The van der Waals surface area contributed by atoms with Crippen LogP contribution in [0.2, 0.25) is 0 Å². The van der Waals surface area contributed by atoms with Gasteiger partial charge in [0.05, 0.1) is 4.83 Å². The Kier molecular flexibility index (Phi) is 4.74. The summed E-state index contributed by atoms with van der Waals surface area (Å²) in [6.45, 7) is 1.55. The Bertz CT molecular complexity index is 525. The Morgan fingerprint density at radius 3 is 2.05 bits per heavy atom. The summed E-state index contributed by atoms with van der Waals surface area (Å²) >= 11 is 3.56. The Hall–Kier alpha value is -1.61. The molecule has 0 spiro atoms. The number of para-hydroxylation sites is 1. The molecule has 2 aromatic rings. The van der Waals surface area contributed by atoms with Crippen LogP contribution >= 0.6 is 15.9 Å². The zero-order valence-corrected chi connectivity index (χ0v) is 12.2. The first-order valence-electron chi connectivity index (χ1n) is 6.09. The molecular formula is C16H15BrO2. The molecule has 0 amide bonds. The van der Waals surface area contributed by atoms with Gasteiger partial charge in [-0.1, -0.05) is 64.5 Å². The number of rotatable bonds is 5. The first kappa shape index (κ1) is 13.8. The number of hydrogen-bond donors (Lipinski definition) is 0. The molecular weight excluding hydrogens is 304 g/mol. The summed E-state index contributed by atoms with van der Waals surface area (Å²) in [7, 11) is 0. The molecule has 2 unspecified atom stereocenters. The van der Waals surface area contributed by atoms with Gasteiger partial charge in [0.25, 0.3) is 0 Å². The van der Waals surface area contributed by atoms with Crippen LogP contribution in [0.15, 0.2) is 60.7 Å². The fraction of sp³-hybridized carbons (Fsp3) is 0.188. The van der Waals surface area contributed by atoms with Crippen molar-refractivity contribution >= 4 is 21.7 Å². The van der Waals surface area contributed by atoms with Gasteiger partial charge in [0.1, 0.15) is 5.75 Å². The molecule has 0 heterocycles. The average Bonchev–Trinajstić information content (AvgIpc) is 2.46. The Morgan fingerprint density at radius 2 is 1.53 bits per heavy atom. The molecule has 98 valence electrons. The number of halogens is 1. The lowest BCUT2D eigenvalue weighted by Gasteiger charge is -2.22. The summed E-state index contributed by atoms with van der Waals surface area (Å²) in [4.78, 5) is 11.6. The van der Waals surface area contributed by atoms with E-state index in [2.05, 4.69) is 15.9 Å². The molecule has 0 fully saturated rings. The monoisotopic (exact) mass is 318 g/mol. The fourth-order valence-corrected chi connectivity index (χ4v) is 2.59. The van der Waals surface area contributed by atoms with Crippen molar-refractivity contribution in [3.05, 3.63) is 66.2 Å². The van der Waals surface area contributed by atoms with Gasteiger partial charge in [-0.25, -0.2) is 0 Å². The van der Waals surface area contributed by atoms with Gasteiger partial charge < -0.3 is 4.74 Å². The van der Waals surface area contributed by atoms with Gasteiger partial charge in [-0.15, -0.1) is 0 Å². The molecule has 3 heteroatoms. The molecule has 2 rings (SSSR count). The van der Waals surface area contributed by atoms with Crippen molar-refractivity contribution in [1.29, 1.82) is 0 Å². The standard InChI is InChI=1S/C16H15BrO2/c1-12(18)16(19-14-10-6-3-7-11-14)15(17)13-8-4-2-5-9-13/h2-11,15-16H,1H3. The minimum absolute atomic E-state index is 0.00502. The third-order valence-electron chi connectivity index (χ3n) is 2.79. The molecule has 0 aliphatic rings. The number of Topliss-reactive ketones (excluding diaryl/α,β-unsaturated/α-hetero) is 1. The number of alkyl halides is 1. The smallest absolute Gasteiger partial charge is 0.173 e. The lowest BCUT2D eigenvalue weighted by atomic mass is 10.1. The highest BCUT2D eigenvalue weighted by atomic mass is 79.9. The van der Waals surface area contributed by atoms with Crippen LogP contribution in [0, 0.1) is 0 Å². The number of benzene rings is 2. The van der Waals surface area contributed by atoms with Crippen LogP contribution in [0.1, 0.15) is 17.3 Å². The fourth-order valence-electron chi connectivity index (χ4n) is 1.81. The van der Waals surface area contributed by atoms with Gasteiger partial charge in [-0.05, 0) is 24.6 Å². The Morgan fingerprint density at radius 1 is 1.00 bits per heavy atom. The predicted molar refractivity (Wildman–Crippen MR) is 79.6 cm³/mol. The predicted octanol–water partition coefficient (Wildman–Crippen LogP) is 4.16. The van der Waals surface area contributed by atoms with E-state index < -0.39 is 6.10 Å². The van der Waals surface area contributed by atoms with Crippen molar-refractivity contribution in [2.24, 2.45) is 0 Å². The summed E-state index contributed by atoms with van der Waals surface area (Å²) in [5, 5.41) is 0. The van der Waals surface area contributed by atoms with Crippen LogP contribution in [0.5, 0.6) is 5.75 Å². The van der Waals surface area contributed by atoms with E-state index in [0.717, 1.165) is 5.56 Å². The molecule has 2 atom stereocenters. The van der Waals surface area contributed by atoms with Crippen LogP contribution in [0.25, 0.3) is 0 Å². The highest BCUT2D eigenvalue weighted by molar-refractivity contribution is 9.09. The Labute approximate surface area is 121 Å². The van der Waals surface area contributed by atoms with Crippen molar-refractivity contribution in [2.75, 3.05) is 0 Å². The van der Waals surface area contributed by atoms with Gasteiger partial charge >= 0.3 is 0 Å². The van der Waals surface area contributed by atoms with E-state index >= 15 is 0 Å². The van der Waals surface area contributed by atoms with Crippen molar-refractivity contribution in [3.63, 3.8) is 0 Å². The van der Waals surface area contributed by atoms with E-state index in [9.17, 15) is 4.79 Å². The first-order valence-corrected chi connectivity index (χ1v) is 7.01. The molecule has 19 heavy (non-hydrogen) atoms. The lowest BCUT2D eigenvalue weighted by Crippen LogP contribution is -2.29. The van der Waals surface area contributed by atoms with Crippen molar-refractivity contribution in [2.45, 2.75) is 17.9 Å². The highest BCUT2D eigenvalue weighted by Gasteiger charge is 2.26. The second-order valence-corrected chi connectivity index (χ2v) is 5.26. The number of carbonyl (C=O) groups excluding carboxylic acids is 1. The van der Waals surface area contributed by atoms with Crippen LogP contribution < -0.4 is 4.74 Å². The maximum Gasteiger partial charge on any atom is 0.173 e. The summed E-state index contributed by atoms with van der Waals surface area (Å²) in [6.07, 6.45) is -0.537. The Balaban J connectivity index is 2.19. The van der Waals surface area contributed by atoms with Crippen molar-refractivity contribution in [1.82, 2.24) is 0 Å². The molecule has 2 aromatic carbocycles. The molecule has 0 aliphatic heterocycles. The summed E-state index contributed by atoms with van der Waals surface area (Å²) in [5.74, 6) is 0.692. The molecule has 0 saturated heterocycles. The van der Waals surface area contributed by atoms with Gasteiger partial charge in [0, 0.05) is 0 Å². The highest BCUT2D eigenvalue weighted by Crippen LogP contribution is 2.30. The van der Waals surface area contributed by atoms with Crippen LogP contribution in [-0.2, 0) is 4.79 Å². The van der Waals surface area contributed by atoms with E-state index in [0.29, 0.717) is 5.75 Å². The van der Waals surface area contributed by atoms with Crippen molar-refractivity contribution < 1.29 is 9.53 Å². The maximum absolute atomic E-state index is 11.8. The first-order chi connectivity index (χ1) is 9.18. The lowest BCUT2D eigenvalue weighted by molar-refractivity contribution is -0.123. The minimum atomic E-state index is -0.537. The van der Waals surface area contributed by atoms with E-state index in [-0.39, 0.29) is 10.6 Å². The number of ketones is 1. The summed E-state index contributed by atoms with van der Waals surface area (Å²) in [5.41, 5.74) is 1.03.